The van der Waals surface area contributed by atoms with Crippen molar-refractivity contribution in [3.05, 3.63) is 83.7 Å². The van der Waals surface area contributed by atoms with E-state index in [1.807, 2.05) is 29.6 Å². The van der Waals surface area contributed by atoms with Gasteiger partial charge in [0.05, 0.1) is 12.5 Å². The molecule has 0 aliphatic carbocycles. The number of hydrogen-bond donors (Lipinski definition) is 0. The van der Waals surface area contributed by atoms with Crippen molar-refractivity contribution in [3.8, 4) is 0 Å². The zero-order chi connectivity index (χ0) is 20.3. The largest absolute Gasteiger partial charge is 0.381 e. The van der Waals surface area contributed by atoms with Crippen LogP contribution in [0.1, 0.15) is 41.3 Å². The third-order valence-electron chi connectivity index (χ3n) is 6.21. The predicted octanol–water partition coefficient (Wildman–Crippen LogP) is 3.23. The smallest absolute Gasteiger partial charge is 0.226 e. The molecule has 0 saturated carbocycles. The van der Waals surface area contributed by atoms with E-state index in [-0.39, 0.29) is 17.7 Å². The van der Waals surface area contributed by atoms with Gasteiger partial charge in [0, 0.05) is 57.0 Å². The van der Waals surface area contributed by atoms with Gasteiger partial charge in [-0.25, -0.2) is 4.98 Å². The van der Waals surface area contributed by atoms with Crippen LogP contribution in [-0.2, 0) is 22.6 Å². The van der Waals surface area contributed by atoms with Gasteiger partial charge in [-0.05, 0) is 35.6 Å². The molecule has 4 heterocycles. The second kappa shape index (κ2) is 8.40. The van der Waals surface area contributed by atoms with Crippen LogP contribution < -0.4 is 0 Å². The number of fused-ring (bicyclic) bond motifs is 1. The topological polar surface area (TPSA) is 60.2 Å². The molecule has 6 heteroatoms. The van der Waals surface area contributed by atoms with Crippen molar-refractivity contribution in [2.24, 2.45) is 5.92 Å². The molecule has 30 heavy (non-hydrogen) atoms. The molecule has 0 N–H and O–H groups in total. The number of hydrogen-bond acceptors (Lipinski definition) is 4. The number of benzene rings is 1. The Morgan fingerprint density at radius 3 is 2.80 bits per heavy atom. The highest BCUT2D eigenvalue weighted by molar-refractivity contribution is 5.79. The molecule has 154 valence electrons. The minimum absolute atomic E-state index is 0.0606. The summed E-state index contributed by atoms with van der Waals surface area (Å²) in [4.78, 5) is 24.3. The predicted molar refractivity (Wildman–Crippen MR) is 113 cm³/mol. The molecule has 1 amide bonds. The van der Waals surface area contributed by atoms with E-state index in [0.717, 1.165) is 30.8 Å². The number of aromatic nitrogens is 3. The lowest BCUT2D eigenvalue weighted by atomic mass is 9.87. The molecule has 3 aromatic rings. The maximum absolute atomic E-state index is 13.3. The highest BCUT2D eigenvalue weighted by Crippen LogP contribution is 2.34. The van der Waals surface area contributed by atoms with Crippen LogP contribution in [-0.4, -0.2) is 45.1 Å². The van der Waals surface area contributed by atoms with Gasteiger partial charge in [-0.2, -0.15) is 0 Å². The quantitative estimate of drug-likeness (QED) is 0.672. The van der Waals surface area contributed by atoms with Crippen LogP contribution in [0.3, 0.4) is 0 Å². The zero-order valence-corrected chi connectivity index (χ0v) is 17.0. The van der Waals surface area contributed by atoms with Gasteiger partial charge in [0.2, 0.25) is 5.91 Å². The zero-order valence-electron chi connectivity index (χ0n) is 17.0. The van der Waals surface area contributed by atoms with Gasteiger partial charge in [-0.3, -0.25) is 9.78 Å². The summed E-state index contributed by atoms with van der Waals surface area (Å²) >= 11 is 0. The van der Waals surface area contributed by atoms with E-state index in [0.29, 0.717) is 26.3 Å². The van der Waals surface area contributed by atoms with Crippen molar-refractivity contribution >= 4 is 5.91 Å². The normalized spacial score (nSPS) is 19.5. The molecule has 0 radical (unpaired) electrons. The first kappa shape index (κ1) is 19.0. The molecule has 0 spiro atoms. The molecule has 1 saturated heterocycles. The second-order valence-corrected chi connectivity index (χ2v) is 8.13. The Labute approximate surface area is 176 Å². The lowest BCUT2D eigenvalue weighted by Crippen LogP contribution is -2.43. The number of carbonyl (C=O) groups is 1. The monoisotopic (exact) mass is 402 g/mol. The molecule has 2 aliphatic heterocycles. The first-order valence-electron chi connectivity index (χ1n) is 10.6. The molecule has 0 bridgehead atoms. The molecule has 2 aliphatic rings. The second-order valence-electron chi connectivity index (χ2n) is 8.13. The maximum atomic E-state index is 13.3. The number of amides is 1. The van der Waals surface area contributed by atoms with Crippen LogP contribution in [0.15, 0.2) is 61.2 Å². The Balaban J connectivity index is 1.45. The fourth-order valence-corrected chi connectivity index (χ4v) is 4.65. The summed E-state index contributed by atoms with van der Waals surface area (Å²) in [6, 6.07) is 12.5. The van der Waals surface area contributed by atoms with E-state index in [1.54, 1.807) is 6.20 Å². The van der Waals surface area contributed by atoms with Crippen LogP contribution in [0.5, 0.6) is 0 Å². The maximum Gasteiger partial charge on any atom is 0.226 e. The van der Waals surface area contributed by atoms with E-state index >= 15 is 0 Å². The third-order valence-corrected chi connectivity index (χ3v) is 6.21. The van der Waals surface area contributed by atoms with Crippen LogP contribution in [0, 0.1) is 5.92 Å². The van der Waals surface area contributed by atoms with Crippen molar-refractivity contribution in [1.29, 1.82) is 0 Å². The summed E-state index contributed by atoms with van der Waals surface area (Å²) in [5, 5.41) is 0. The first-order valence-corrected chi connectivity index (χ1v) is 10.6. The number of rotatable bonds is 4. The lowest BCUT2D eigenvalue weighted by molar-refractivity contribution is -0.139. The third kappa shape index (κ3) is 3.75. The standard InChI is InChI=1S/C24H26N4O2/c29-24(19-7-12-30-13-8-19)28-16-20-5-1-2-6-21(20)22(17-28)23-26-10-11-27(23)15-18-4-3-9-25-14-18/h1-6,9-11,14,19,22H,7-8,12-13,15-17H2/t22-/m1/s1. The minimum Gasteiger partial charge on any atom is -0.381 e. The van der Waals surface area contributed by atoms with Crippen molar-refractivity contribution in [2.45, 2.75) is 31.8 Å². The van der Waals surface area contributed by atoms with E-state index < -0.39 is 0 Å². The van der Waals surface area contributed by atoms with Crippen molar-refractivity contribution < 1.29 is 9.53 Å². The molecule has 0 unspecified atom stereocenters. The molecule has 2 aromatic heterocycles. The van der Waals surface area contributed by atoms with Crippen LogP contribution in [0.25, 0.3) is 0 Å². The van der Waals surface area contributed by atoms with Crippen molar-refractivity contribution in [3.63, 3.8) is 0 Å². The fourth-order valence-electron chi connectivity index (χ4n) is 4.65. The van der Waals surface area contributed by atoms with Gasteiger partial charge in [-0.15, -0.1) is 0 Å². The summed E-state index contributed by atoms with van der Waals surface area (Å²) in [6.07, 6.45) is 9.18. The summed E-state index contributed by atoms with van der Waals surface area (Å²) < 4.78 is 7.64. The van der Waals surface area contributed by atoms with E-state index in [4.69, 9.17) is 9.72 Å². The molecule has 1 fully saturated rings. The van der Waals surface area contributed by atoms with Gasteiger partial charge in [-0.1, -0.05) is 30.3 Å². The summed E-state index contributed by atoms with van der Waals surface area (Å²) in [5.41, 5.74) is 3.62. The first-order chi connectivity index (χ1) is 14.8. The van der Waals surface area contributed by atoms with Crippen LogP contribution in [0.4, 0.5) is 0 Å². The van der Waals surface area contributed by atoms with Crippen molar-refractivity contribution in [2.75, 3.05) is 19.8 Å². The van der Waals surface area contributed by atoms with Gasteiger partial charge in [0.15, 0.2) is 0 Å². The van der Waals surface area contributed by atoms with E-state index in [1.165, 1.54) is 11.1 Å². The van der Waals surface area contributed by atoms with E-state index in [9.17, 15) is 4.79 Å². The number of carbonyl (C=O) groups excluding carboxylic acids is 1. The lowest BCUT2D eigenvalue weighted by Gasteiger charge is -2.37. The van der Waals surface area contributed by atoms with Gasteiger partial charge in [0.1, 0.15) is 5.82 Å². The SMILES string of the molecule is O=C(C1CCOCC1)N1Cc2ccccc2[C@H](c2nccn2Cc2cccnc2)C1. The Bertz CT molecular complexity index is 1010. The number of pyridine rings is 1. The minimum atomic E-state index is 0.0606. The Kier molecular flexibility index (Phi) is 5.32. The summed E-state index contributed by atoms with van der Waals surface area (Å²) in [5.74, 6) is 1.38. The summed E-state index contributed by atoms with van der Waals surface area (Å²) in [6.45, 7) is 3.42. The Morgan fingerprint density at radius 2 is 1.97 bits per heavy atom. The number of imidazole rings is 1. The molecule has 6 nitrogen and oxygen atoms in total. The Morgan fingerprint density at radius 1 is 1.10 bits per heavy atom. The fraction of sp³-hybridized carbons (Fsp3) is 0.375. The molecule has 5 rings (SSSR count). The number of nitrogens with zero attached hydrogens (tertiary/aromatic N) is 4. The molecular weight excluding hydrogens is 376 g/mol. The van der Waals surface area contributed by atoms with Crippen LogP contribution in [0.2, 0.25) is 0 Å². The average molecular weight is 402 g/mol. The molecule has 1 aromatic carbocycles. The summed E-state index contributed by atoms with van der Waals surface area (Å²) in [7, 11) is 0. The Hall–Kier alpha value is -2.99. The highest BCUT2D eigenvalue weighted by Gasteiger charge is 2.34. The molecule has 1 atom stereocenters. The van der Waals surface area contributed by atoms with Gasteiger partial charge < -0.3 is 14.2 Å². The number of ether oxygens (including phenoxy) is 1. The van der Waals surface area contributed by atoms with E-state index in [2.05, 4.69) is 39.9 Å². The van der Waals surface area contributed by atoms with Crippen molar-refractivity contribution in [1.82, 2.24) is 19.4 Å². The van der Waals surface area contributed by atoms with Crippen LogP contribution >= 0.6 is 0 Å². The average Bonchev–Trinajstić information content (AvgIpc) is 3.27. The highest BCUT2D eigenvalue weighted by atomic mass is 16.5. The van der Waals surface area contributed by atoms with Gasteiger partial charge >= 0.3 is 0 Å². The van der Waals surface area contributed by atoms with Gasteiger partial charge in [0.25, 0.3) is 0 Å². The molecular formula is C24H26N4O2.